The predicted octanol–water partition coefficient (Wildman–Crippen LogP) is 2.46. The molecule has 0 bridgehead atoms. The van der Waals surface area contributed by atoms with Crippen molar-refractivity contribution in [1.29, 1.82) is 0 Å². The van der Waals surface area contributed by atoms with Crippen LogP contribution < -0.4 is 4.74 Å². The first-order valence-electron chi connectivity index (χ1n) is 9.41. The first-order valence-corrected chi connectivity index (χ1v) is 9.41. The molecule has 1 aromatic heterocycles. The maximum Gasteiger partial charge on any atom is 0.295 e. The summed E-state index contributed by atoms with van der Waals surface area (Å²) >= 11 is 0. The van der Waals surface area contributed by atoms with Crippen molar-refractivity contribution < 1.29 is 19.4 Å². The summed E-state index contributed by atoms with van der Waals surface area (Å²) < 4.78 is 5.14. The van der Waals surface area contributed by atoms with Gasteiger partial charge in [0.2, 0.25) is 0 Å². The minimum Gasteiger partial charge on any atom is -0.507 e. The summed E-state index contributed by atoms with van der Waals surface area (Å²) in [6, 6.07) is 9.60. The molecule has 1 atom stereocenters. The normalized spacial score (nSPS) is 18.5. The van der Waals surface area contributed by atoms with Crippen molar-refractivity contribution in [1.82, 2.24) is 14.8 Å². The topological polar surface area (TPSA) is 83.0 Å². The van der Waals surface area contributed by atoms with Crippen molar-refractivity contribution in [2.24, 2.45) is 0 Å². The number of ether oxygens (including phenoxy) is 1. The minimum atomic E-state index is -0.683. The quantitative estimate of drug-likeness (QED) is 0.441. The van der Waals surface area contributed by atoms with E-state index in [1.165, 1.54) is 4.90 Å². The Morgan fingerprint density at radius 1 is 1.21 bits per heavy atom. The van der Waals surface area contributed by atoms with Crippen molar-refractivity contribution in [3.8, 4) is 5.75 Å². The summed E-state index contributed by atoms with van der Waals surface area (Å²) in [6.45, 7) is 1.18. The number of ketones is 1. The number of carbonyl (C=O) groups excluding carboxylic acids is 2. The van der Waals surface area contributed by atoms with Gasteiger partial charge in [0.1, 0.15) is 11.5 Å². The summed E-state index contributed by atoms with van der Waals surface area (Å²) in [5, 5.41) is 10.9. The monoisotopic (exact) mass is 395 g/mol. The fourth-order valence-corrected chi connectivity index (χ4v) is 3.46. The number of likely N-dealkylation sites (tertiary alicyclic amines) is 1. The molecule has 7 nitrogen and oxygen atoms in total. The lowest BCUT2D eigenvalue weighted by Crippen LogP contribution is -2.32. The Morgan fingerprint density at radius 2 is 1.93 bits per heavy atom. The van der Waals surface area contributed by atoms with Crippen molar-refractivity contribution >= 4 is 17.4 Å². The average molecular weight is 395 g/mol. The van der Waals surface area contributed by atoms with Gasteiger partial charge in [-0.1, -0.05) is 6.07 Å². The molecule has 0 radical (unpaired) electrons. The molecule has 1 unspecified atom stereocenters. The van der Waals surface area contributed by atoms with Crippen LogP contribution in [0.1, 0.15) is 23.6 Å². The smallest absolute Gasteiger partial charge is 0.295 e. The molecule has 0 saturated carbocycles. The van der Waals surface area contributed by atoms with Crippen LogP contribution in [-0.2, 0) is 9.59 Å². The summed E-state index contributed by atoms with van der Waals surface area (Å²) in [5.41, 5.74) is 1.22. The van der Waals surface area contributed by atoms with Crippen molar-refractivity contribution in [2.75, 3.05) is 34.3 Å². The molecule has 2 aromatic rings. The van der Waals surface area contributed by atoms with Gasteiger partial charge in [0.25, 0.3) is 11.7 Å². The van der Waals surface area contributed by atoms with Crippen LogP contribution >= 0.6 is 0 Å². The summed E-state index contributed by atoms with van der Waals surface area (Å²) in [4.78, 5) is 33.3. The number of carbonyl (C=O) groups is 2. The van der Waals surface area contributed by atoms with Crippen molar-refractivity contribution in [3.05, 3.63) is 65.5 Å². The molecule has 1 fully saturated rings. The van der Waals surface area contributed by atoms with E-state index in [9.17, 15) is 14.7 Å². The second kappa shape index (κ2) is 8.87. The average Bonchev–Trinajstić information content (AvgIpc) is 2.98. The Hall–Kier alpha value is -3.19. The lowest BCUT2D eigenvalue weighted by molar-refractivity contribution is -0.139. The van der Waals surface area contributed by atoms with Crippen LogP contribution in [0.5, 0.6) is 5.75 Å². The largest absolute Gasteiger partial charge is 0.507 e. The number of nitrogens with zero attached hydrogens (tertiary/aromatic N) is 3. The number of aromatic nitrogens is 1. The fraction of sp³-hybridized carbons (Fsp3) is 0.318. The molecule has 29 heavy (non-hydrogen) atoms. The maximum atomic E-state index is 12.9. The van der Waals surface area contributed by atoms with E-state index in [-0.39, 0.29) is 11.3 Å². The third-order valence-electron chi connectivity index (χ3n) is 4.91. The lowest BCUT2D eigenvalue weighted by Gasteiger charge is -2.25. The van der Waals surface area contributed by atoms with Crippen LogP contribution in [0.2, 0.25) is 0 Å². The van der Waals surface area contributed by atoms with Gasteiger partial charge in [0, 0.05) is 24.5 Å². The SMILES string of the molecule is COc1ccc(/C(O)=C2/C(=O)C(=O)N(CCCN(C)C)C2c2cccnc2)cc1. The number of Topliss-reactive ketones (excluding diaryl/α,β-unsaturated/α-hetero) is 1. The van der Waals surface area contributed by atoms with Crippen molar-refractivity contribution in [2.45, 2.75) is 12.5 Å². The van der Waals surface area contributed by atoms with E-state index in [0.717, 1.165) is 6.54 Å². The molecule has 0 spiro atoms. The molecule has 3 rings (SSSR count). The molecule has 1 aromatic carbocycles. The molecule has 2 heterocycles. The summed E-state index contributed by atoms with van der Waals surface area (Å²) in [5.74, 6) is -0.853. The molecular formula is C22H25N3O4. The number of pyridine rings is 1. The van der Waals surface area contributed by atoms with E-state index < -0.39 is 17.7 Å². The van der Waals surface area contributed by atoms with Crippen LogP contribution in [-0.4, -0.2) is 65.9 Å². The molecule has 0 aliphatic carbocycles. The lowest BCUT2D eigenvalue weighted by atomic mass is 9.96. The van der Waals surface area contributed by atoms with Gasteiger partial charge in [-0.05, 0) is 63.0 Å². The molecule has 1 aliphatic rings. The second-order valence-corrected chi connectivity index (χ2v) is 7.16. The highest BCUT2D eigenvalue weighted by Crippen LogP contribution is 2.39. The zero-order chi connectivity index (χ0) is 21.0. The number of amides is 1. The van der Waals surface area contributed by atoms with Gasteiger partial charge >= 0.3 is 0 Å². The number of methoxy groups -OCH3 is 1. The van der Waals surface area contributed by atoms with Crippen LogP contribution in [0.25, 0.3) is 5.76 Å². The van der Waals surface area contributed by atoms with Gasteiger partial charge in [0.05, 0.1) is 18.7 Å². The molecular weight excluding hydrogens is 370 g/mol. The maximum absolute atomic E-state index is 12.9. The van der Waals surface area contributed by atoms with Gasteiger partial charge < -0.3 is 19.6 Å². The van der Waals surface area contributed by atoms with Gasteiger partial charge in [-0.2, -0.15) is 0 Å². The second-order valence-electron chi connectivity index (χ2n) is 7.16. The Kier molecular flexibility index (Phi) is 6.29. The standard InChI is InChI=1S/C22H25N3O4/c1-24(2)12-5-13-25-19(16-6-4-11-23-14-16)18(21(27)22(25)28)20(26)15-7-9-17(29-3)10-8-15/h4,6-11,14,19,26H,5,12-13H2,1-3H3/b20-18-. The van der Waals surface area contributed by atoms with Gasteiger partial charge in [-0.25, -0.2) is 0 Å². The Bertz CT molecular complexity index is 907. The number of aliphatic hydroxyl groups excluding tert-OH is 1. The Morgan fingerprint density at radius 3 is 2.52 bits per heavy atom. The first kappa shape index (κ1) is 20.5. The van der Waals surface area contributed by atoms with Crippen LogP contribution in [0, 0.1) is 0 Å². The van der Waals surface area contributed by atoms with E-state index in [1.54, 1.807) is 49.8 Å². The summed E-state index contributed by atoms with van der Waals surface area (Å²) in [7, 11) is 5.46. The predicted molar refractivity (Wildman–Crippen MR) is 109 cm³/mol. The number of aliphatic hydroxyl groups is 1. The fourth-order valence-electron chi connectivity index (χ4n) is 3.46. The Balaban J connectivity index is 2.05. The number of rotatable bonds is 7. The van der Waals surface area contributed by atoms with Gasteiger partial charge in [-0.3, -0.25) is 14.6 Å². The molecule has 7 heteroatoms. The number of hydrogen-bond donors (Lipinski definition) is 1. The molecule has 1 amide bonds. The Labute approximate surface area is 170 Å². The third kappa shape index (κ3) is 4.30. The number of hydrogen-bond acceptors (Lipinski definition) is 6. The summed E-state index contributed by atoms with van der Waals surface area (Å²) in [6.07, 6.45) is 3.96. The highest BCUT2D eigenvalue weighted by Gasteiger charge is 2.45. The molecule has 1 N–H and O–H groups in total. The van der Waals surface area contributed by atoms with E-state index in [2.05, 4.69) is 4.98 Å². The molecule has 1 saturated heterocycles. The van der Waals surface area contributed by atoms with Crippen LogP contribution in [0.15, 0.2) is 54.4 Å². The van der Waals surface area contributed by atoms with Gasteiger partial charge in [-0.15, -0.1) is 0 Å². The zero-order valence-corrected chi connectivity index (χ0v) is 16.8. The van der Waals surface area contributed by atoms with Crippen molar-refractivity contribution in [3.63, 3.8) is 0 Å². The van der Waals surface area contributed by atoms with Crippen LogP contribution in [0.3, 0.4) is 0 Å². The minimum absolute atomic E-state index is 0.0815. The highest BCUT2D eigenvalue weighted by molar-refractivity contribution is 6.46. The van der Waals surface area contributed by atoms with Crippen LogP contribution in [0.4, 0.5) is 0 Å². The van der Waals surface area contributed by atoms with E-state index in [0.29, 0.717) is 29.8 Å². The number of benzene rings is 1. The molecule has 152 valence electrons. The zero-order valence-electron chi connectivity index (χ0n) is 16.8. The van der Waals surface area contributed by atoms with E-state index in [1.807, 2.05) is 25.1 Å². The highest BCUT2D eigenvalue weighted by atomic mass is 16.5. The van der Waals surface area contributed by atoms with E-state index in [4.69, 9.17) is 4.74 Å². The first-order chi connectivity index (χ1) is 13.9. The van der Waals surface area contributed by atoms with E-state index >= 15 is 0 Å². The van der Waals surface area contributed by atoms with Gasteiger partial charge in [0.15, 0.2) is 0 Å². The third-order valence-corrected chi connectivity index (χ3v) is 4.91. The molecule has 1 aliphatic heterocycles.